The van der Waals surface area contributed by atoms with E-state index in [2.05, 4.69) is 24.4 Å². The second kappa shape index (κ2) is 9.70. The van der Waals surface area contributed by atoms with E-state index in [1.807, 2.05) is 36.4 Å². The fraction of sp³-hybridized carbons (Fsp3) is 0.208. The molecule has 3 N–H and O–H groups in total. The maximum atomic E-state index is 11.0. The molecule has 0 saturated heterocycles. The summed E-state index contributed by atoms with van der Waals surface area (Å²) in [6.07, 6.45) is 0.229. The quantitative estimate of drug-likeness (QED) is 0.491. The summed E-state index contributed by atoms with van der Waals surface area (Å²) >= 11 is 5.98. The number of benzene rings is 3. The SMILES string of the molecule is C[C@H](Cc1ccc(-c2ccc(C(=O)O)cc2)cc1)NC[C@H](O)c1cccc(Cl)c1. The average Bonchev–Trinajstić information content (AvgIpc) is 2.72. The van der Waals surface area contributed by atoms with Crippen LogP contribution in [0.15, 0.2) is 72.8 Å². The minimum atomic E-state index is -0.922. The average molecular weight is 410 g/mol. The van der Waals surface area contributed by atoms with E-state index in [9.17, 15) is 9.90 Å². The van der Waals surface area contributed by atoms with Crippen LogP contribution >= 0.6 is 11.6 Å². The normalized spacial score (nSPS) is 13.1. The number of carboxylic acids is 1. The predicted octanol–water partition coefficient (Wildman–Crippen LogP) is 4.96. The number of aromatic carboxylic acids is 1. The lowest BCUT2D eigenvalue weighted by Gasteiger charge is -2.18. The van der Waals surface area contributed by atoms with Crippen molar-refractivity contribution in [2.75, 3.05) is 6.54 Å². The van der Waals surface area contributed by atoms with E-state index in [1.165, 1.54) is 5.56 Å². The van der Waals surface area contributed by atoms with Crippen LogP contribution < -0.4 is 5.32 Å². The van der Waals surface area contributed by atoms with Gasteiger partial charge in [0.15, 0.2) is 0 Å². The molecule has 0 heterocycles. The van der Waals surface area contributed by atoms with Crippen LogP contribution in [0, 0.1) is 0 Å². The third-order valence-corrected chi connectivity index (χ3v) is 5.09. The first-order chi connectivity index (χ1) is 13.9. The zero-order chi connectivity index (χ0) is 20.8. The van der Waals surface area contributed by atoms with Gasteiger partial charge >= 0.3 is 5.97 Å². The Kier molecular flexibility index (Phi) is 7.04. The molecule has 0 aliphatic heterocycles. The van der Waals surface area contributed by atoms with E-state index in [4.69, 9.17) is 16.7 Å². The molecule has 0 bridgehead atoms. The van der Waals surface area contributed by atoms with Gasteiger partial charge in [-0.1, -0.05) is 60.1 Å². The second-order valence-corrected chi connectivity index (χ2v) is 7.60. The zero-order valence-electron chi connectivity index (χ0n) is 16.2. The van der Waals surface area contributed by atoms with Crippen LogP contribution in [0.1, 0.15) is 34.5 Å². The molecular weight excluding hydrogens is 386 g/mol. The van der Waals surface area contributed by atoms with Crippen LogP contribution in [0.3, 0.4) is 0 Å². The molecule has 3 aromatic rings. The molecule has 0 amide bonds. The molecule has 4 nitrogen and oxygen atoms in total. The Balaban J connectivity index is 1.54. The topological polar surface area (TPSA) is 69.6 Å². The summed E-state index contributed by atoms with van der Waals surface area (Å²) in [5.41, 5.74) is 4.30. The van der Waals surface area contributed by atoms with Gasteiger partial charge in [-0.25, -0.2) is 4.79 Å². The predicted molar refractivity (Wildman–Crippen MR) is 116 cm³/mol. The summed E-state index contributed by atoms with van der Waals surface area (Å²) in [7, 11) is 0. The van der Waals surface area contributed by atoms with E-state index in [1.54, 1.807) is 24.3 Å². The monoisotopic (exact) mass is 409 g/mol. The molecule has 5 heteroatoms. The standard InChI is InChI=1S/C24H24ClNO3/c1-16(26-15-23(27)21-3-2-4-22(25)14-21)13-17-5-7-18(8-6-17)19-9-11-20(12-10-19)24(28)29/h2-12,14,16,23,26-27H,13,15H2,1H3,(H,28,29)/t16-,23+/m1/s1. The van der Waals surface area contributed by atoms with E-state index in [0.717, 1.165) is 23.1 Å². The fourth-order valence-electron chi connectivity index (χ4n) is 3.21. The third kappa shape index (κ3) is 5.91. The molecular formula is C24H24ClNO3. The van der Waals surface area contributed by atoms with Gasteiger partial charge in [0.05, 0.1) is 11.7 Å². The first kappa shape index (κ1) is 21.1. The van der Waals surface area contributed by atoms with Crippen molar-refractivity contribution in [1.82, 2.24) is 5.32 Å². The van der Waals surface area contributed by atoms with Gasteiger partial charge in [-0.2, -0.15) is 0 Å². The molecule has 0 unspecified atom stereocenters. The highest BCUT2D eigenvalue weighted by molar-refractivity contribution is 6.30. The van der Waals surface area contributed by atoms with Crippen molar-refractivity contribution in [3.63, 3.8) is 0 Å². The maximum Gasteiger partial charge on any atom is 0.335 e. The van der Waals surface area contributed by atoms with Crippen LogP contribution in [-0.4, -0.2) is 28.8 Å². The van der Waals surface area contributed by atoms with Gasteiger partial charge in [0.25, 0.3) is 0 Å². The highest BCUT2D eigenvalue weighted by Crippen LogP contribution is 2.21. The van der Waals surface area contributed by atoms with Gasteiger partial charge < -0.3 is 15.5 Å². The summed E-state index contributed by atoms with van der Waals surface area (Å²) < 4.78 is 0. The van der Waals surface area contributed by atoms with E-state index < -0.39 is 12.1 Å². The zero-order valence-corrected chi connectivity index (χ0v) is 16.9. The van der Waals surface area contributed by atoms with Crippen molar-refractivity contribution in [3.05, 3.63) is 94.5 Å². The van der Waals surface area contributed by atoms with Crippen molar-refractivity contribution >= 4 is 17.6 Å². The molecule has 29 heavy (non-hydrogen) atoms. The van der Waals surface area contributed by atoms with Crippen molar-refractivity contribution in [2.24, 2.45) is 0 Å². The van der Waals surface area contributed by atoms with Crippen molar-refractivity contribution in [3.8, 4) is 11.1 Å². The molecule has 0 saturated carbocycles. The molecule has 0 aliphatic rings. The summed E-state index contributed by atoms with van der Waals surface area (Å²) in [5.74, 6) is -0.922. The number of carbonyl (C=O) groups is 1. The number of hydrogen-bond acceptors (Lipinski definition) is 3. The lowest BCUT2D eigenvalue weighted by molar-refractivity contribution is 0.0697. The molecule has 0 aliphatic carbocycles. The number of aliphatic hydroxyl groups excluding tert-OH is 1. The van der Waals surface area contributed by atoms with E-state index in [0.29, 0.717) is 11.6 Å². The van der Waals surface area contributed by atoms with Crippen LogP contribution in [0.4, 0.5) is 0 Å². The molecule has 0 spiro atoms. The van der Waals surface area contributed by atoms with Gasteiger partial charge in [0, 0.05) is 17.6 Å². The Morgan fingerprint density at radius 3 is 2.21 bits per heavy atom. The minimum Gasteiger partial charge on any atom is -0.478 e. The van der Waals surface area contributed by atoms with E-state index in [-0.39, 0.29) is 11.6 Å². The molecule has 0 fully saturated rings. The van der Waals surface area contributed by atoms with Gasteiger partial charge in [-0.3, -0.25) is 0 Å². The molecule has 0 radical (unpaired) electrons. The first-order valence-corrected chi connectivity index (χ1v) is 9.90. The molecule has 2 atom stereocenters. The van der Waals surface area contributed by atoms with Gasteiger partial charge in [0.2, 0.25) is 0 Å². The minimum absolute atomic E-state index is 0.199. The number of halogens is 1. The van der Waals surface area contributed by atoms with Crippen LogP contribution in [-0.2, 0) is 6.42 Å². The Morgan fingerprint density at radius 1 is 1.00 bits per heavy atom. The largest absolute Gasteiger partial charge is 0.478 e. The summed E-state index contributed by atoms with van der Waals surface area (Å²) in [4.78, 5) is 11.0. The Bertz CT molecular complexity index is 955. The summed E-state index contributed by atoms with van der Waals surface area (Å²) in [6.45, 7) is 2.54. The molecule has 3 rings (SSSR count). The lowest BCUT2D eigenvalue weighted by atomic mass is 10.00. The Hall–Kier alpha value is -2.66. The van der Waals surface area contributed by atoms with Gasteiger partial charge in [0.1, 0.15) is 0 Å². The Labute approximate surface area is 175 Å². The van der Waals surface area contributed by atoms with Crippen LogP contribution in [0.25, 0.3) is 11.1 Å². The number of rotatable bonds is 8. The number of hydrogen-bond donors (Lipinski definition) is 3. The van der Waals surface area contributed by atoms with E-state index >= 15 is 0 Å². The summed E-state index contributed by atoms with van der Waals surface area (Å²) in [5, 5.41) is 23.3. The van der Waals surface area contributed by atoms with Gasteiger partial charge in [-0.15, -0.1) is 0 Å². The van der Waals surface area contributed by atoms with Crippen molar-refractivity contribution in [1.29, 1.82) is 0 Å². The van der Waals surface area contributed by atoms with Crippen LogP contribution in [0.2, 0.25) is 5.02 Å². The first-order valence-electron chi connectivity index (χ1n) is 9.52. The fourth-order valence-corrected chi connectivity index (χ4v) is 3.41. The number of nitrogens with one attached hydrogen (secondary N) is 1. The lowest BCUT2D eigenvalue weighted by Crippen LogP contribution is -2.32. The maximum absolute atomic E-state index is 11.0. The molecule has 150 valence electrons. The summed E-state index contributed by atoms with van der Waals surface area (Å²) in [6, 6.07) is 22.6. The Morgan fingerprint density at radius 2 is 1.62 bits per heavy atom. The smallest absolute Gasteiger partial charge is 0.335 e. The number of aliphatic hydroxyl groups is 1. The molecule has 0 aromatic heterocycles. The highest BCUT2D eigenvalue weighted by atomic mass is 35.5. The third-order valence-electron chi connectivity index (χ3n) is 4.85. The van der Waals surface area contributed by atoms with Crippen molar-refractivity contribution < 1.29 is 15.0 Å². The van der Waals surface area contributed by atoms with Gasteiger partial charge in [-0.05, 0) is 59.9 Å². The van der Waals surface area contributed by atoms with Crippen LogP contribution in [0.5, 0.6) is 0 Å². The van der Waals surface area contributed by atoms with Crippen molar-refractivity contribution in [2.45, 2.75) is 25.5 Å². The number of carboxylic acid groups (broad SMARTS) is 1. The second-order valence-electron chi connectivity index (χ2n) is 7.16. The highest BCUT2D eigenvalue weighted by Gasteiger charge is 2.11. The molecule has 3 aromatic carbocycles.